The van der Waals surface area contributed by atoms with Crippen LogP contribution in [-0.4, -0.2) is 142 Å². The molecular formula is C88H108BrClF2N12O14S3. The SMILES string of the molecule is CC1CCc2cc(Br)c(O)cc2N(C)C1=O.CC1CCc2cc(Cl)c(O)cc2N(C)C1=O.CC1CCc2cc(F)c(O)cc2N(C)C1=O.CC1CCc2cc(NC(=S)NC(C)(C)C)c(O)cc2N(C)C1=O.CC1CCc2cc(NC(=S)Nc3ccc(F)cc3)c(O)cc2N(C)C1=O.CCOC(=O)NC(=S)Nc1cc2c(cc1O)N(C)C(=O)C(C)CC2. The fourth-order valence-corrected chi connectivity index (χ4v) is 15.8. The first kappa shape index (κ1) is 95.8. The van der Waals surface area contributed by atoms with Crippen LogP contribution in [0.15, 0.2) is 102 Å². The number of rotatable bonds is 5. The van der Waals surface area contributed by atoms with E-state index in [0.29, 0.717) is 73.7 Å². The van der Waals surface area contributed by atoms with Crippen LogP contribution in [0.4, 0.5) is 70.4 Å². The van der Waals surface area contributed by atoms with Crippen molar-refractivity contribution in [1.82, 2.24) is 10.6 Å². The molecular weight excluding hydrogens is 1700 g/mol. The Morgan fingerprint density at radius 2 is 0.719 bits per heavy atom. The minimum absolute atomic E-state index is 0.00112. The summed E-state index contributed by atoms with van der Waals surface area (Å²) in [6, 6.07) is 25.5. The number of aryl methyl sites for hydroxylation is 6. The number of alkyl carbamates (subject to hydrolysis) is 1. The van der Waals surface area contributed by atoms with Crippen LogP contribution in [0.3, 0.4) is 0 Å². The molecule has 6 heterocycles. The van der Waals surface area contributed by atoms with Crippen LogP contribution >= 0.6 is 64.2 Å². The van der Waals surface area contributed by atoms with Gasteiger partial charge in [0.1, 0.15) is 34.6 Å². The summed E-state index contributed by atoms with van der Waals surface area (Å²) < 4.78 is 31.6. The standard InChI is InChI=1S/C19H20FN3O2S.C17H25N3O2S.C16H21N3O4S.C12H14BrNO2.C12H14ClNO2.C12H14FNO2/c1-11-3-4-12-9-15(17(24)10-16(12)23(2)18(11)25)22-19(26)21-14-7-5-13(20)6-8-14;1-10-6-7-11-8-12(18-16(23)19-17(2,3)4)14(21)9-13(11)20(5)15(10)22;1-4-23-16(22)18-15(24)17-11-7-10-6-5-9(2)14(21)19(3)12(10)8-13(11)20;3*1-7-3-4-8-5-9(13)11(15)6-10(8)14(2)12(7)16/h5-11,24H,3-4H2,1-2H3,(H2,21,22,26);8-10,21H,6-7H2,1-5H3,(H2,18,19,23);7-9,20H,4-6H2,1-3H3,(H2,17,18,22,24);3*5-7,15H,3-4H2,1-2H3. The highest BCUT2D eigenvalue weighted by atomic mass is 79.9. The molecule has 0 saturated heterocycles. The maximum atomic E-state index is 13.2. The third kappa shape index (κ3) is 24.8. The van der Waals surface area contributed by atoms with Gasteiger partial charge in [-0.3, -0.25) is 34.1 Å². The summed E-state index contributed by atoms with van der Waals surface area (Å²) in [5, 5.41) is 77.7. The van der Waals surface area contributed by atoms with E-state index in [2.05, 4.69) is 47.8 Å². The first-order chi connectivity index (χ1) is 56.8. The van der Waals surface area contributed by atoms with Crippen molar-refractivity contribution in [3.05, 3.63) is 152 Å². The average Bonchev–Trinajstić information content (AvgIpc) is 1.78. The molecule has 0 bridgehead atoms. The molecule has 6 aliphatic heterocycles. The zero-order valence-electron chi connectivity index (χ0n) is 70.8. The first-order valence-electron chi connectivity index (χ1n) is 39.7. The highest BCUT2D eigenvalue weighted by molar-refractivity contribution is 9.10. The Labute approximate surface area is 734 Å². The summed E-state index contributed by atoms with van der Waals surface area (Å²) in [6.45, 7) is 19.4. The van der Waals surface area contributed by atoms with E-state index < -0.39 is 17.7 Å². The number of phenolic OH excluding ortho intramolecular Hbond substituents is 6. The van der Waals surface area contributed by atoms with Gasteiger partial charge in [-0.25, -0.2) is 13.6 Å². The van der Waals surface area contributed by atoms with E-state index in [1.807, 2.05) is 80.5 Å². The second-order valence-corrected chi connectivity index (χ2v) is 34.5. The van der Waals surface area contributed by atoms with Gasteiger partial charge in [-0.05, 0) is 251 Å². The first-order valence-corrected chi connectivity index (χ1v) is 42.1. The second kappa shape index (κ2) is 41.7. The number of nitrogens with zero attached hydrogens (tertiary/aromatic N) is 6. The van der Waals surface area contributed by atoms with Crippen molar-refractivity contribution in [3.8, 4) is 34.5 Å². The number of carbonyl (C=O) groups is 7. The second-order valence-electron chi connectivity index (χ2n) is 32.0. The number of thiocarbonyl (C=S) groups is 3. The molecule has 7 aromatic carbocycles. The smallest absolute Gasteiger partial charge is 0.413 e. The summed E-state index contributed by atoms with van der Waals surface area (Å²) in [7, 11) is 10.3. The molecule has 7 amide bonds. The van der Waals surface area contributed by atoms with Crippen molar-refractivity contribution >= 4 is 178 Å². The number of ether oxygens (including phenoxy) is 1. The Kier molecular flexibility index (Phi) is 33.0. The van der Waals surface area contributed by atoms with Gasteiger partial charge in [0.05, 0.1) is 67.3 Å². The number of fused-ring (bicyclic) bond motifs is 6. The number of anilines is 10. The molecule has 6 atom stereocenters. The Morgan fingerprint density at radius 3 is 1.06 bits per heavy atom. The van der Waals surface area contributed by atoms with E-state index >= 15 is 0 Å². The summed E-state index contributed by atoms with van der Waals surface area (Å²) in [4.78, 5) is 93.3. The molecule has 13 rings (SSSR count). The van der Waals surface area contributed by atoms with E-state index in [1.54, 1.807) is 122 Å². The van der Waals surface area contributed by atoms with Gasteiger partial charge >= 0.3 is 6.09 Å². The Bertz CT molecular complexity index is 4900. The van der Waals surface area contributed by atoms with E-state index in [4.69, 9.17) is 53.0 Å². The van der Waals surface area contributed by atoms with Gasteiger partial charge in [0.15, 0.2) is 26.9 Å². The Hall–Kier alpha value is -10.7. The maximum absolute atomic E-state index is 13.2. The Morgan fingerprint density at radius 1 is 0.430 bits per heavy atom. The fourth-order valence-electron chi connectivity index (χ4n) is 14.4. The number of hydrogen-bond acceptors (Lipinski definition) is 17. The molecule has 0 aliphatic carbocycles. The number of phenols is 6. The highest BCUT2D eigenvalue weighted by Gasteiger charge is 2.33. The summed E-state index contributed by atoms with van der Waals surface area (Å²) >= 11 is 24.7. The lowest BCUT2D eigenvalue weighted by Crippen LogP contribution is -2.42. The quantitative estimate of drug-likeness (QED) is 0.0562. The van der Waals surface area contributed by atoms with Gasteiger partial charge in [-0.1, -0.05) is 53.1 Å². The third-order valence-electron chi connectivity index (χ3n) is 21.6. The third-order valence-corrected chi connectivity index (χ3v) is 23.2. The molecule has 12 N–H and O–H groups in total. The van der Waals surface area contributed by atoms with Crippen molar-refractivity contribution in [2.75, 3.05) is 99.6 Å². The van der Waals surface area contributed by atoms with Crippen molar-refractivity contribution < 1.29 is 77.7 Å². The minimum atomic E-state index is -0.664. The van der Waals surface area contributed by atoms with Gasteiger partial charge in [0.25, 0.3) is 0 Å². The predicted octanol–water partition coefficient (Wildman–Crippen LogP) is 16.7. The van der Waals surface area contributed by atoms with Gasteiger partial charge in [-0.2, -0.15) is 0 Å². The Balaban J connectivity index is 0.000000182. The van der Waals surface area contributed by atoms with Crippen LogP contribution in [0.2, 0.25) is 5.02 Å². The van der Waals surface area contributed by atoms with Gasteiger partial charge in [-0.15, -0.1) is 0 Å². The molecule has 121 heavy (non-hydrogen) atoms. The monoisotopic (exact) mass is 1800 g/mol. The van der Waals surface area contributed by atoms with Crippen molar-refractivity contribution in [2.45, 2.75) is 152 Å². The van der Waals surface area contributed by atoms with Crippen molar-refractivity contribution in [2.24, 2.45) is 35.5 Å². The van der Waals surface area contributed by atoms with Crippen LogP contribution in [0, 0.1) is 47.1 Å². The molecule has 26 nitrogen and oxygen atoms in total. The number of carbonyl (C=O) groups excluding carboxylic acids is 7. The van der Waals surface area contributed by atoms with Gasteiger partial charge in [0, 0.05) is 125 Å². The fraction of sp³-hybridized carbons (Fsp3) is 0.409. The molecule has 33 heteroatoms. The number of aromatic hydroxyl groups is 6. The number of hydrogen-bond donors (Lipinski definition) is 12. The normalized spacial score (nSPS) is 18.5. The minimum Gasteiger partial charge on any atom is -0.507 e. The molecule has 7 aromatic rings. The maximum Gasteiger partial charge on any atom is 0.413 e. The molecule has 0 aromatic heterocycles. The highest BCUT2D eigenvalue weighted by Crippen LogP contribution is 2.43. The van der Waals surface area contributed by atoms with E-state index in [0.717, 1.165) is 108 Å². The van der Waals surface area contributed by atoms with Crippen LogP contribution in [0.25, 0.3) is 0 Å². The molecule has 650 valence electrons. The van der Waals surface area contributed by atoms with Crippen molar-refractivity contribution in [1.29, 1.82) is 0 Å². The van der Waals surface area contributed by atoms with Gasteiger partial charge in [0.2, 0.25) is 35.4 Å². The summed E-state index contributed by atoms with van der Waals surface area (Å²) in [5.74, 6) is -0.984. The predicted molar refractivity (Wildman–Crippen MR) is 488 cm³/mol. The van der Waals surface area contributed by atoms with Crippen LogP contribution in [0.1, 0.15) is 141 Å². The van der Waals surface area contributed by atoms with E-state index in [1.165, 1.54) is 35.2 Å². The van der Waals surface area contributed by atoms with Crippen LogP contribution < -0.4 is 61.3 Å². The lowest BCUT2D eigenvalue weighted by Gasteiger charge is -2.24. The number of nitrogens with one attached hydrogen (secondary N) is 6. The largest absolute Gasteiger partial charge is 0.507 e. The molecule has 0 spiro atoms. The average molecular weight is 1810 g/mol. The summed E-state index contributed by atoms with van der Waals surface area (Å²) in [5.41, 5.74) is 12.0. The van der Waals surface area contributed by atoms with Gasteiger partial charge < -0.3 is 91.4 Å². The zero-order valence-corrected chi connectivity index (χ0v) is 75.6. The van der Waals surface area contributed by atoms with E-state index in [-0.39, 0.29) is 128 Å². The number of halogens is 4. The van der Waals surface area contributed by atoms with Crippen LogP contribution in [0.5, 0.6) is 34.5 Å². The lowest BCUT2D eigenvalue weighted by atomic mass is 10.0. The van der Waals surface area contributed by atoms with Crippen molar-refractivity contribution in [3.63, 3.8) is 0 Å². The molecule has 6 aliphatic rings. The topological polar surface area (TPSA) is 342 Å². The molecule has 0 radical (unpaired) electrons. The van der Waals surface area contributed by atoms with E-state index in [9.17, 15) is 73.0 Å². The molecule has 0 saturated carbocycles. The zero-order chi connectivity index (χ0) is 89.7. The lowest BCUT2D eigenvalue weighted by molar-refractivity contribution is -0.122. The van der Waals surface area contributed by atoms with Crippen LogP contribution in [-0.2, 0) is 72.0 Å². The summed E-state index contributed by atoms with van der Waals surface area (Å²) in [6.07, 6.45) is 8.56. The number of benzene rings is 7. The molecule has 6 unspecified atom stereocenters. The molecule has 0 fully saturated rings. The number of amides is 7.